The van der Waals surface area contributed by atoms with Crippen LogP contribution in [-0.2, 0) is 0 Å². The Balaban J connectivity index is 3.50. The molecule has 1 aromatic heterocycles. The normalized spacial score (nSPS) is 8.67. The summed E-state index contributed by atoms with van der Waals surface area (Å²) in [6, 6.07) is 5.64. The second kappa shape index (κ2) is 3.02. The van der Waals surface area contributed by atoms with E-state index >= 15 is 0 Å². The van der Waals surface area contributed by atoms with Crippen molar-refractivity contribution in [2.75, 3.05) is 0 Å². The summed E-state index contributed by atoms with van der Waals surface area (Å²) in [5, 5.41) is 17.3. The molecule has 0 saturated heterocycles. The third-order valence-electron chi connectivity index (χ3n) is 1.56. The lowest BCUT2D eigenvalue weighted by atomic mass is 10.1. The molecule has 0 atom stereocenters. The summed E-state index contributed by atoms with van der Waals surface area (Å²) < 4.78 is 0. The molecule has 0 aliphatic rings. The Bertz CT molecular complexity index is 393. The summed E-state index contributed by atoms with van der Waals surface area (Å²) in [6.07, 6.45) is 0. The van der Waals surface area contributed by atoms with Gasteiger partial charge in [0.1, 0.15) is 12.1 Å². The van der Waals surface area contributed by atoms with Crippen molar-refractivity contribution in [3.8, 4) is 12.1 Å². The maximum atomic E-state index is 8.68. The molecular weight excluding hydrogens is 150 g/mol. The van der Waals surface area contributed by atoms with Crippen LogP contribution in [0.25, 0.3) is 0 Å². The fourth-order valence-electron chi connectivity index (χ4n) is 1.06. The molecule has 0 radical (unpaired) electrons. The third kappa shape index (κ3) is 1.26. The molecule has 0 bridgehead atoms. The van der Waals surface area contributed by atoms with E-state index in [2.05, 4.69) is 4.98 Å². The molecule has 1 rings (SSSR count). The van der Waals surface area contributed by atoms with Gasteiger partial charge in [0.05, 0.1) is 5.56 Å². The van der Waals surface area contributed by atoms with Gasteiger partial charge in [-0.3, -0.25) is 0 Å². The molecule has 0 aliphatic heterocycles. The number of aromatic nitrogens is 1. The van der Waals surface area contributed by atoms with Crippen molar-refractivity contribution in [2.45, 2.75) is 13.8 Å². The fraction of sp³-hybridized carbons (Fsp3) is 0.222. The predicted octanol–water partition coefficient (Wildman–Crippen LogP) is 1.44. The van der Waals surface area contributed by atoms with E-state index in [1.165, 1.54) is 0 Å². The highest BCUT2D eigenvalue weighted by molar-refractivity contribution is 5.46. The Morgan fingerprint density at radius 1 is 1.25 bits per heavy atom. The molecule has 0 fully saturated rings. The molecule has 3 heteroatoms. The average Bonchev–Trinajstić information content (AvgIpc) is 2.03. The number of nitriles is 2. The highest BCUT2D eigenvalue weighted by atomic mass is 14.7. The summed E-state index contributed by atoms with van der Waals surface area (Å²) in [6.45, 7) is 3.60. The molecule has 1 aromatic rings. The van der Waals surface area contributed by atoms with Crippen LogP contribution in [0.1, 0.15) is 22.5 Å². The van der Waals surface area contributed by atoms with Crippen molar-refractivity contribution in [3.63, 3.8) is 0 Å². The summed E-state index contributed by atoms with van der Waals surface area (Å²) >= 11 is 0. The molecule has 0 spiro atoms. The first-order valence-electron chi connectivity index (χ1n) is 3.47. The lowest BCUT2D eigenvalue weighted by Crippen LogP contribution is -1.95. The maximum Gasteiger partial charge on any atom is 0.158 e. The molecule has 1 heterocycles. The monoisotopic (exact) mass is 157 g/mol. The molecular formula is C9H7N3. The number of aryl methyl sites for hydroxylation is 2. The van der Waals surface area contributed by atoms with E-state index in [9.17, 15) is 0 Å². The molecule has 3 nitrogen and oxygen atoms in total. The van der Waals surface area contributed by atoms with E-state index in [0.29, 0.717) is 5.56 Å². The van der Waals surface area contributed by atoms with Crippen molar-refractivity contribution in [1.29, 1.82) is 10.5 Å². The van der Waals surface area contributed by atoms with E-state index in [1.54, 1.807) is 19.9 Å². The molecule has 0 N–H and O–H groups in total. The lowest BCUT2D eigenvalue weighted by molar-refractivity contribution is 1.13. The minimum Gasteiger partial charge on any atom is -0.241 e. The van der Waals surface area contributed by atoms with E-state index < -0.39 is 0 Å². The van der Waals surface area contributed by atoms with Gasteiger partial charge in [0.15, 0.2) is 5.69 Å². The minimum absolute atomic E-state index is 0.218. The molecule has 12 heavy (non-hydrogen) atoms. The number of hydrogen-bond acceptors (Lipinski definition) is 3. The van der Waals surface area contributed by atoms with Crippen LogP contribution < -0.4 is 0 Å². The fourth-order valence-corrected chi connectivity index (χ4v) is 1.06. The molecule has 0 aliphatic carbocycles. The summed E-state index contributed by atoms with van der Waals surface area (Å²) in [7, 11) is 0. The zero-order valence-electron chi connectivity index (χ0n) is 6.92. The maximum absolute atomic E-state index is 8.68. The number of pyridine rings is 1. The summed E-state index contributed by atoms with van der Waals surface area (Å²) in [5.41, 5.74) is 2.17. The largest absolute Gasteiger partial charge is 0.241 e. The molecule has 58 valence electrons. The van der Waals surface area contributed by atoms with Crippen LogP contribution in [0.2, 0.25) is 0 Å². The smallest absolute Gasteiger partial charge is 0.158 e. The topological polar surface area (TPSA) is 60.5 Å². The first-order valence-corrected chi connectivity index (χ1v) is 3.47. The second-order valence-corrected chi connectivity index (χ2v) is 2.53. The number of rotatable bonds is 0. The first kappa shape index (κ1) is 8.23. The van der Waals surface area contributed by atoms with Gasteiger partial charge in [-0.05, 0) is 25.5 Å². The third-order valence-corrected chi connectivity index (χ3v) is 1.56. The predicted molar refractivity (Wildman–Crippen MR) is 43.1 cm³/mol. The molecule has 0 saturated carbocycles. The van der Waals surface area contributed by atoms with Gasteiger partial charge in [-0.1, -0.05) is 0 Å². The Hall–Kier alpha value is -1.87. The zero-order valence-corrected chi connectivity index (χ0v) is 6.92. The van der Waals surface area contributed by atoms with Crippen LogP contribution in [-0.4, -0.2) is 4.98 Å². The average molecular weight is 157 g/mol. The number of nitrogens with zero attached hydrogens (tertiary/aromatic N) is 3. The Kier molecular flexibility index (Phi) is 2.07. The summed E-state index contributed by atoms with van der Waals surface area (Å²) in [5.74, 6) is 0. The number of hydrogen-bond donors (Lipinski definition) is 0. The highest BCUT2D eigenvalue weighted by Gasteiger charge is 2.06. The van der Waals surface area contributed by atoms with Crippen LogP contribution in [0.5, 0.6) is 0 Å². The standard InChI is InChI=1S/C9H7N3/c1-6-3-7(2)12-9(5-11)8(6)4-10/h3H,1-2H3. The van der Waals surface area contributed by atoms with Gasteiger partial charge >= 0.3 is 0 Å². The Morgan fingerprint density at radius 3 is 2.42 bits per heavy atom. The van der Waals surface area contributed by atoms with Crippen LogP contribution in [0, 0.1) is 36.5 Å². The van der Waals surface area contributed by atoms with Crippen LogP contribution in [0.4, 0.5) is 0 Å². The van der Waals surface area contributed by atoms with E-state index in [1.807, 2.05) is 12.1 Å². The quantitative estimate of drug-likeness (QED) is 0.572. The molecule has 0 amide bonds. The molecule has 0 unspecified atom stereocenters. The van der Waals surface area contributed by atoms with Crippen LogP contribution in [0.15, 0.2) is 6.07 Å². The van der Waals surface area contributed by atoms with E-state index in [4.69, 9.17) is 10.5 Å². The van der Waals surface area contributed by atoms with E-state index in [-0.39, 0.29) is 5.69 Å². The van der Waals surface area contributed by atoms with Crippen molar-refractivity contribution in [2.24, 2.45) is 0 Å². The van der Waals surface area contributed by atoms with Crippen molar-refractivity contribution in [1.82, 2.24) is 4.98 Å². The van der Waals surface area contributed by atoms with Crippen LogP contribution >= 0.6 is 0 Å². The van der Waals surface area contributed by atoms with Gasteiger partial charge in [-0.2, -0.15) is 10.5 Å². The van der Waals surface area contributed by atoms with Gasteiger partial charge in [0.2, 0.25) is 0 Å². The Morgan fingerprint density at radius 2 is 1.92 bits per heavy atom. The van der Waals surface area contributed by atoms with Gasteiger partial charge in [-0.25, -0.2) is 4.98 Å². The SMILES string of the molecule is Cc1cc(C)c(C#N)c(C#N)n1. The highest BCUT2D eigenvalue weighted by Crippen LogP contribution is 2.11. The van der Waals surface area contributed by atoms with Crippen molar-refractivity contribution in [3.05, 3.63) is 28.6 Å². The second-order valence-electron chi connectivity index (χ2n) is 2.53. The first-order chi connectivity index (χ1) is 5.69. The van der Waals surface area contributed by atoms with Gasteiger partial charge in [0.25, 0.3) is 0 Å². The van der Waals surface area contributed by atoms with E-state index in [0.717, 1.165) is 11.3 Å². The summed E-state index contributed by atoms with van der Waals surface area (Å²) in [4.78, 5) is 3.94. The zero-order chi connectivity index (χ0) is 9.14. The van der Waals surface area contributed by atoms with Gasteiger partial charge in [0, 0.05) is 5.69 Å². The minimum atomic E-state index is 0.218. The lowest BCUT2D eigenvalue weighted by Gasteiger charge is -1.99. The van der Waals surface area contributed by atoms with Crippen LogP contribution in [0.3, 0.4) is 0 Å². The van der Waals surface area contributed by atoms with Gasteiger partial charge in [-0.15, -0.1) is 0 Å². The van der Waals surface area contributed by atoms with Crippen molar-refractivity contribution >= 4 is 0 Å². The van der Waals surface area contributed by atoms with Gasteiger partial charge < -0.3 is 0 Å². The molecule has 0 aromatic carbocycles. The van der Waals surface area contributed by atoms with Crippen molar-refractivity contribution < 1.29 is 0 Å². The Labute approximate surface area is 70.9 Å².